The molecule has 6 nitrogen and oxygen atoms in total. The van der Waals surface area contributed by atoms with Crippen molar-refractivity contribution in [1.29, 1.82) is 0 Å². The highest BCUT2D eigenvalue weighted by Gasteiger charge is 2.29. The Bertz CT molecular complexity index is 1070. The van der Waals surface area contributed by atoms with Gasteiger partial charge in [0.25, 0.3) is 0 Å². The van der Waals surface area contributed by atoms with E-state index in [1.165, 1.54) is 6.39 Å². The maximum absolute atomic E-state index is 13.4. The summed E-state index contributed by atoms with van der Waals surface area (Å²) in [4.78, 5) is 32.1. The molecule has 0 unspecified atom stereocenters. The predicted octanol–water partition coefficient (Wildman–Crippen LogP) is 5.07. The average Bonchev–Trinajstić information content (AvgIpc) is 3.33. The molecule has 1 aliphatic heterocycles. The summed E-state index contributed by atoms with van der Waals surface area (Å²) in [5, 5.41) is 2.92. The van der Waals surface area contributed by atoms with Crippen molar-refractivity contribution >= 4 is 35.0 Å². The predicted molar refractivity (Wildman–Crippen MR) is 129 cm³/mol. The number of hydrogen-bond donors (Lipinski definition) is 1. The first-order valence-corrected chi connectivity index (χ1v) is 11.9. The Labute approximate surface area is 192 Å². The number of aryl methyl sites for hydroxylation is 2. The second-order valence-corrected chi connectivity index (χ2v) is 9.32. The molecule has 0 saturated carbocycles. The molecule has 1 aromatic heterocycles. The van der Waals surface area contributed by atoms with Crippen molar-refractivity contribution < 1.29 is 14.0 Å². The minimum absolute atomic E-state index is 0.0165. The third-order valence-corrected chi connectivity index (χ3v) is 6.73. The van der Waals surface area contributed by atoms with Gasteiger partial charge in [-0.2, -0.15) is 11.8 Å². The van der Waals surface area contributed by atoms with Crippen molar-refractivity contribution in [1.82, 2.24) is 4.98 Å². The van der Waals surface area contributed by atoms with Gasteiger partial charge >= 0.3 is 0 Å². The molecule has 4 rings (SSSR count). The zero-order chi connectivity index (χ0) is 22.5. The first kappa shape index (κ1) is 22.1. The first-order chi connectivity index (χ1) is 15.5. The lowest BCUT2D eigenvalue weighted by molar-refractivity contribution is -0.124. The van der Waals surface area contributed by atoms with Gasteiger partial charge in [-0.05, 0) is 62.0 Å². The van der Waals surface area contributed by atoms with Gasteiger partial charge in [0.15, 0.2) is 6.39 Å². The van der Waals surface area contributed by atoms with Crippen LogP contribution in [-0.2, 0) is 9.59 Å². The van der Waals surface area contributed by atoms with Crippen molar-refractivity contribution in [2.45, 2.75) is 26.7 Å². The van der Waals surface area contributed by atoms with Gasteiger partial charge in [-0.25, -0.2) is 4.98 Å². The van der Waals surface area contributed by atoms with Gasteiger partial charge in [0, 0.05) is 22.9 Å². The standard InChI is InChI=1S/C25H27N3O3S/c1-17-3-8-23(18(2)13-17)28(25(30)20-9-11-32-12-10-20)14-24(29)27-21-6-4-19(5-7-21)22-15-31-16-26-22/h3-8,13,15-16,20H,9-12,14H2,1-2H3,(H,27,29). The number of aromatic nitrogens is 1. The normalized spacial score (nSPS) is 14.2. The Balaban J connectivity index is 1.50. The second kappa shape index (κ2) is 10.0. The lowest BCUT2D eigenvalue weighted by Crippen LogP contribution is -2.42. The maximum Gasteiger partial charge on any atom is 0.244 e. The smallest absolute Gasteiger partial charge is 0.244 e. The van der Waals surface area contributed by atoms with Crippen LogP contribution in [0.3, 0.4) is 0 Å². The molecule has 166 valence electrons. The van der Waals surface area contributed by atoms with Gasteiger partial charge < -0.3 is 14.6 Å². The van der Waals surface area contributed by atoms with Crippen molar-refractivity contribution in [2.24, 2.45) is 5.92 Å². The van der Waals surface area contributed by atoms with Gasteiger partial charge in [-0.1, -0.05) is 29.8 Å². The van der Waals surface area contributed by atoms with Crippen LogP contribution in [0, 0.1) is 19.8 Å². The third-order valence-electron chi connectivity index (χ3n) is 5.68. The summed E-state index contributed by atoms with van der Waals surface area (Å²) >= 11 is 1.88. The Morgan fingerprint density at radius 2 is 1.88 bits per heavy atom. The number of rotatable bonds is 6. The van der Waals surface area contributed by atoms with E-state index in [1.807, 2.05) is 68.1 Å². The zero-order valence-corrected chi connectivity index (χ0v) is 19.2. The summed E-state index contributed by atoms with van der Waals surface area (Å²) in [6, 6.07) is 13.4. The molecule has 32 heavy (non-hydrogen) atoms. The van der Waals surface area contributed by atoms with Crippen LogP contribution in [0.15, 0.2) is 59.5 Å². The van der Waals surface area contributed by atoms with Crippen LogP contribution in [0.1, 0.15) is 24.0 Å². The summed E-state index contributed by atoms with van der Waals surface area (Å²) in [6.45, 7) is 3.99. The van der Waals surface area contributed by atoms with Crippen LogP contribution in [0.5, 0.6) is 0 Å². The highest BCUT2D eigenvalue weighted by molar-refractivity contribution is 7.99. The van der Waals surface area contributed by atoms with E-state index in [1.54, 1.807) is 11.2 Å². The van der Waals surface area contributed by atoms with E-state index < -0.39 is 0 Å². The average molecular weight is 450 g/mol. The van der Waals surface area contributed by atoms with E-state index in [4.69, 9.17) is 4.42 Å². The molecular weight excluding hydrogens is 422 g/mol. The van der Waals surface area contributed by atoms with E-state index in [0.29, 0.717) is 5.69 Å². The molecule has 0 spiro atoms. The highest BCUT2D eigenvalue weighted by atomic mass is 32.2. The highest BCUT2D eigenvalue weighted by Crippen LogP contribution is 2.29. The lowest BCUT2D eigenvalue weighted by atomic mass is 9.99. The fourth-order valence-corrected chi connectivity index (χ4v) is 5.08. The molecule has 2 aromatic carbocycles. The number of nitrogens with one attached hydrogen (secondary N) is 1. The zero-order valence-electron chi connectivity index (χ0n) is 18.3. The molecule has 0 radical (unpaired) electrons. The second-order valence-electron chi connectivity index (χ2n) is 8.10. The molecule has 3 aromatic rings. The van der Waals surface area contributed by atoms with Crippen LogP contribution < -0.4 is 10.2 Å². The number of benzene rings is 2. The topological polar surface area (TPSA) is 75.4 Å². The van der Waals surface area contributed by atoms with Crippen LogP contribution in [0.25, 0.3) is 11.3 Å². The van der Waals surface area contributed by atoms with E-state index in [-0.39, 0.29) is 24.3 Å². The van der Waals surface area contributed by atoms with Crippen molar-refractivity contribution in [3.05, 3.63) is 66.2 Å². The molecule has 1 fully saturated rings. The lowest BCUT2D eigenvalue weighted by Gasteiger charge is -2.30. The fraction of sp³-hybridized carbons (Fsp3) is 0.320. The minimum atomic E-state index is -0.224. The molecule has 2 heterocycles. The molecule has 7 heteroatoms. The number of hydrogen-bond acceptors (Lipinski definition) is 5. The molecular formula is C25H27N3O3S. The SMILES string of the molecule is Cc1ccc(N(CC(=O)Nc2ccc(-c3cocn3)cc2)C(=O)C2CCSCC2)c(C)c1. The number of anilines is 2. The first-order valence-electron chi connectivity index (χ1n) is 10.8. The third kappa shape index (κ3) is 5.22. The number of amides is 2. The molecule has 1 N–H and O–H groups in total. The van der Waals surface area contributed by atoms with Crippen LogP contribution in [0.4, 0.5) is 11.4 Å². The fourth-order valence-electron chi connectivity index (χ4n) is 3.98. The number of thioether (sulfide) groups is 1. The van der Waals surface area contributed by atoms with Crippen molar-refractivity contribution in [2.75, 3.05) is 28.3 Å². The monoisotopic (exact) mass is 449 g/mol. The summed E-state index contributed by atoms with van der Waals surface area (Å²) in [5.41, 5.74) is 5.23. The summed E-state index contributed by atoms with van der Waals surface area (Å²) in [6.07, 6.45) is 4.67. The quantitative estimate of drug-likeness (QED) is 0.568. The largest absolute Gasteiger partial charge is 0.451 e. The Morgan fingerprint density at radius 3 is 2.53 bits per heavy atom. The molecule has 0 atom stereocenters. The van der Waals surface area contributed by atoms with Gasteiger partial charge in [0.05, 0.1) is 0 Å². The Hall–Kier alpha value is -3.06. The van der Waals surface area contributed by atoms with Crippen molar-refractivity contribution in [3.63, 3.8) is 0 Å². The van der Waals surface area contributed by atoms with Crippen LogP contribution >= 0.6 is 11.8 Å². The molecule has 0 aliphatic carbocycles. The number of carbonyl (C=O) groups excluding carboxylic acids is 2. The molecule has 0 bridgehead atoms. The molecule has 1 saturated heterocycles. The molecule has 2 amide bonds. The van der Waals surface area contributed by atoms with E-state index in [9.17, 15) is 9.59 Å². The van der Waals surface area contributed by atoms with Gasteiger partial charge in [-0.15, -0.1) is 0 Å². The summed E-state index contributed by atoms with van der Waals surface area (Å²) in [7, 11) is 0. The Kier molecular flexibility index (Phi) is 6.95. The van der Waals surface area contributed by atoms with E-state index in [0.717, 1.165) is 52.4 Å². The van der Waals surface area contributed by atoms with E-state index in [2.05, 4.69) is 10.3 Å². The Morgan fingerprint density at radius 1 is 1.12 bits per heavy atom. The number of nitrogens with zero attached hydrogens (tertiary/aromatic N) is 2. The van der Waals surface area contributed by atoms with Gasteiger partial charge in [0.1, 0.15) is 18.5 Å². The molecule has 1 aliphatic rings. The minimum Gasteiger partial charge on any atom is -0.451 e. The summed E-state index contributed by atoms with van der Waals surface area (Å²) < 4.78 is 5.02. The van der Waals surface area contributed by atoms with Crippen LogP contribution in [0.2, 0.25) is 0 Å². The summed E-state index contributed by atoms with van der Waals surface area (Å²) in [5.74, 6) is 1.75. The van der Waals surface area contributed by atoms with E-state index >= 15 is 0 Å². The number of oxazole rings is 1. The van der Waals surface area contributed by atoms with Gasteiger partial charge in [-0.3, -0.25) is 9.59 Å². The maximum atomic E-state index is 13.4. The number of carbonyl (C=O) groups is 2. The van der Waals surface area contributed by atoms with Gasteiger partial charge in [0.2, 0.25) is 11.8 Å². The van der Waals surface area contributed by atoms with Crippen molar-refractivity contribution in [3.8, 4) is 11.3 Å². The van der Waals surface area contributed by atoms with Crippen LogP contribution in [-0.4, -0.2) is 34.8 Å².